The summed E-state index contributed by atoms with van der Waals surface area (Å²) in [6.45, 7) is 0.551. The van der Waals surface area contributed by atoms with Crippen LogP contribution in [0.5, 0.6) is 0 Å². The number of pyridine rings is 1. The first-order chi connectivity index (χ1) is 12.5. The third-order valence-corrected chi connectivity index (χ3v) is 4.64. The standard InChI is InChI=1S/C15H18N8O2S/c1-23-10-15(18-11-23)26(24,25)19-9-8-17-13-2-3-14(22-21-13)20-12-4-6-16-7-5-12/h2-7,10-11,19H,8-9H2,1H3,(H,17,21)(H,16,20,22). The number of aryl methyl sites for hydroxylation is 1. The van der Waals surface area contributed by atoms with Gasteiger partial charge in [0.15, 0.2) is 10.8 Å². The molecule has 0 bridgehead atoms. The summed E-state index contributed by atoms with van der Waals surface area (Å²) in [6.07, 6.45) is 6.23. The summed E-state index contributed by atoms with van der Waals surface area (Å²) in [7, 11) is -1.90. The number of imidazole rings is 1. The zero-order valence-corrected chi connectivity index (χ0v) is 14.8. The van der Waals surface area contributed by atoms with Gasteiger partial charge >= 0.3 is 0 Å². The maximum atomic E-state index is 12.0. The summed E-state index contributed by atoms with van der Waals surface area (Å²) in [5, 5.41) is 14.2. The van der Waals surface area contributed by atoms with Crippen molar-refractivity contribution in [1.29, 1.82) is 0 Å². The van der Waals surface area contributed by atoms with Crippen molar-refractivity contribution in [2.24, 2.45) is 7.05 Å². The van der Waals surface area contributed by atoms with Gasteiger partial charge in [-0.1, -0.05) is 0 Å². The van der Waals surface area contributed by atoms with E-state index < -0.39 is 10.0 Å². The van der Waals surface area contributed by atoms with E-state index in [2.05, 4.69) is 35.5 Å². The summed E-state index contributed by atoms with van der Waals surface area (Å²) in [5.41, 5.74) is 0.860. The molecule has 3 rings (SSSR count). The predicted molar refractivity (Wildman–Crippen MR) is 96.4 cm³/mol. The van der Waals surface area contributed by atoms with Gasteiger partial charge in [0, 0.05) is 44.4 Å². The van der Waals surface area contributed by atoms with Crippen LogP contribution in [0.2, 0.25) is 0 Å². The van der Waals surface area contributed by atoms with Crippen molar-refractivity contribution in [3.05, 3.63) is 49.2 Å². The maximum absolute atomic E-state index is 12.0. The molecule has 10 nitrogen and oxygen atoms in total. The Kier molecular flexibility index (Phi) is 5.39. The van der Waals surface area contributed by atoms with E-state index in [4.69, 9.17) is 0 Å². The Labute approximate surface area is 150 Å². The Balaban J connectivity index is 1.46. The van der Waals surface area contributed by atoms with Gasteiger partial charge in [0.05, 0.1) is 6.33 Å². The molecule has 0 spiro atoms. The molecule has 0 aliphatic carbocycles. The molecule has 0 unspecified atom stereocenters. The summed E-state index contributed by atoms with van der Waals surface area (Å²) in [6, 6.07) is 7.17. The molecule has 3 aromatic heterocycles. The van der Waals surface area contributed by atoms with Gasteiger partial charge in [-0.05, 0) is 24.3 Å². The maximum Gasteiger partial charge on any atom is 0.259 e. The number of nitrogens with zero attached hydrogens (tertiary/aromatic N) is 5. The first-order valence-electron chi connectivity index (χ1n) is 7.75. The lowest BCUT2D eigenvalue weighted by atomic mass is 10.4. The highest BCUT2D eigenvalue weighted by molar-refractivity contribution is 7.89. The lowest BCUT2D eigenvalue weighted by Crippen LogP contribution is -2.29. The van der Waals surface area contributed by atoms with E-state index in [1.54, 1.807) is 36.1 Å². The van der Waals surface area contributed by atoms with Crippen LogP contribution < -0.4 is 15.4 Å². The average Bonchev–Trinajstić information content (AvgIpc) is 3.08. The summed E-state index contributed by atoms with van der Waals surface area (Å²) >= 11 is 0. The number of aromatic nitrogens is 5. The number of sulfonamides is 1. The molecule has 0 aliphatic rings. The van der Waals surface area contributed by atoms with Crippen LogP contribution in [0.25, 0.3) is 0 Å². The quantitative estimate of drug-likeness (QED) is 0.493. The molecule has 0 aromatic carbocycles. The van der Waals surface area contributed by atoms with Crippen LogP contribution in [0.4, 0.5) is 17.3 Å². The summed E-state index contributed by atoms with van der Waals surface area (Å²) < 4.78 is 28.1. The van der Waals surface area contributed by atoms with Crippen molar-refractivity contribution in [1.82, 2.24) is 29.5 Å². The van der Waals surface area contributed by atoms with Gasteiger partial charge in [0.1, 0.15) is 5.82 Å². The highest BCUT2D eigenvalue weighted by Gasteiger charge is 2.15. The minimum atomic E-state index is -3.61. The van der Waals surface area contributed by atoms with Crippen molar-refractivity contribution in [3.8, 4) is 0 Å². The molecule has 0 radical (unpaired) electrons. The highest BCUT2D eigenvalue weighted by Crippen LogP contribution is 2.13. The van der Waals surface area contributed by atoms with Crippen LogP contribution in [-0.4, -0.2) is 46.2 Å². The minimum absolute atomic E-state index is 0.00803. The molecular formula is C15H18N8O2S. The van der Waals surface area contributed by atoms with E-state index >= 15 is 0 Å². The van der Waals surface area contributed by atoms with Crippen LogP contribution in [0.15, 0.2) is 54.2 Å². The van der Waals surface area contributed by atoms with E-state index in [-0.39, 0.29) is 11.6 Å². The average molecular weight is 374 g/mol. The SMILES string of the molecule is Cn1cnc(S(=O)(=O)NCCNc2ccc(Nc3ccncc3)nn2)c1. The zero-order chi connectivity index (χ0) is 18.4. The van der Waals surface area contributed by atoms with Crippen molar-refractivity contribution in [3.63, 3.8) is 0 Å². The molecule has 3 heterocycles. The number of rotatable bonds is 8. The number of nitrogens with one attached hydrogen (secondary N) is 3. The molecule has 0 atom stereocenters. The van der Waals surface area contributed by atoms with E-state index in [1.165, 1.54) is 12.5 Å². The van der Waals surface area contributed by atoms with Crippen LogP contribution in [0, 0.1) is 0 Å². The molecule has 0 saturated heterocycles. The number of anilines is 3. The first-order valence-corrected chi connectivity index (χ1v) is 9.23. The molecular weight excluding hydrogens is 356 g/mol. The van der Waals surface area contributed by atoms with Crippen molar-refractivity contribution < 1.29 is 8.42 Å². The minimum Gasteiger partial charge on any atom is -0.367 e. The Bertz CT molecular complexity index is 941. The first kappa shape index (κ1) is 17.8. The van der Waals surface area contributed by atoms with Gasteiger partial charge in [-0.15, -0.1) is 10.2 Å². The van der Waals surface area contributed by atoms with Crippen molar-refractivity contribution >= 4 is 27.3 Å². The topological polar surface area (TPSA) is 127 Å². The fraction of sp³-hybridized carbons (Fsp3) is 0.200. The van der Waals surface area contributed by atoms with Gasteiger partial charge in [0.2, 0.25) is 0 Å². The fourth-order valence-corrected chi connectivity index (χ4v) is 3.06. The number of hydrogen-bond donors (Lipinski definition) is 3. The van der Waals surface area contributed by atoms with Gasteiger partial charge in [-0.25, -0.2) is 18.1 Å². The van der Waals surface area contributed by atoms with E-state index in [9.17, 15) is 8.42 Å². The molecule has 11 heteroatoms. The molecule has 0 amide bonds. The van der Waals surface area contributed by atoms with Gasteiger partial charge < -0.3 is 15.2 Å². The van der Waals surface area contributed by atoms with Crippen molar-refractivity contribution in [2.75, 3.05) is 23.7 Å². The Morgan fingerprint density at radius 3 is 2.42 bits per heavy atom. The Morgan fingerprint density at radius 2 is 1.77 bits per heavy atom. The number of hydrogen-bond acceptors (Lipinski definition) is 8. The Morgan fingerprint density at radius 1 is 1.04 bits per heavy atom. The molecule has 3 aromatic rings. The summed E-state index contributed by atoms with van der Waals surface area (Å²) in [4.78, 5) is 7.77. The zero-order valence-electron chi connectivity index (χ0n) is 14.0. The molecule has 3 N–H and O–H groups in total. The second-order valence-electron chi connectivity index (χ2n) is 5.37. The summed E-state index contributed by atoms with van der Waals surface area (Å²) in [5.74, 6) is 1.14. The molecule has 0 fully saturated rings. The highest BCUT2D eigenvalue weighted by atomic mass is 32.2. The Hall–Kier alpha value is -3.05. The normalized spacial score (nSPS) is 11.3. The van der Waals surface area contributed by atoms with E-state index in [1.807, 2.05) is 12.1 Å². The van der Waals surface area contributed by atoms with Gasteiger partial charge in [-0.2, -0.15) is 0 Å². The van der Waals surface area contributed by atoms with E-state index in [0.29, 0.717) is 18.2 Å². The van der Waals surface area contributed by atoms with Crippen molar-refractivity contribution in [2.45, 2.75) is 5.03 Å². The third-order valence-electron chi connectivity index (χ3n) is 3.30. The van der Waals surface area contributed by atoms with Crippen LogP contribution in [0.1, 0.15) is 0 Å². The molecule has 26 heavy (non-hydrogen) atoms. The second kappa shape index (κ2) is 7.89. The lowest BCUT2D eigenvalue weighted by molar-refractivity contribution is 0.579. The largest absolute Gasteiger partial charge is 0.367 e. The van der Waals surface area contributed by atoms with Crippen LogP contribution >= 0.6 is 0 Å². The molecule has 0 saturated carbocycles. The van der Waals surface area contributed by atoms with Crippen LogP contribution in [0.3, 0.4) is 0 Å². The monoisotopic (exact) mass is 374 g/mol. The smallest absolute Gasteiger partial charge is 0.259 e. The molecule has 136 valence electrons. The van der Waals surface area contributed by atoms with Gasteiger partial charge in [0.25, 0.3) is 10.0 Å². The van der Waals surface area contributed by atoms with Crippen LogP contribution in [-0.2, 0) is 17.1 Å². The third kappa shape index (κ3) is 4.74. The predicted octanol–water partition coefficient (Wildman–Crippen LogP) is 0.739. The van der Waals surface area contributed by atoms with Gasteiger partial charge in [-0.3, -0.25) is 4.98 Å². The van der Waals surface area contributed by atoms with E-state index in [0.717, 1.165) is 5.69 Å². The fourth-order valence-electron chi connectivity index (χ4n) is 2.05. The molecule has 0 aliphatic heterocycles. The second-order valence-corrected chi connectivity index (χ2v) is 7.08. The lowest BCUT2D eigenvalue weighted by Gasteiger charge is -2.08.